The summed E-state index contributed by atoms with van der Waals surface area (Å²) < 4.78 is 38.6. The molecular formula is C19H25F3IN5OS. The molecule has 0 fully saturated rings. The Balaban J connectivity index is 0.00000450. The van der Waals surface area contributed by atoms with Gasteiger partial charge < -0.3 is 15.5 Å². The number of carbonyl (C=O) groups excluding carboxylic acids is 1. The first kappa shape index (κ1) is 26.1. The number of amides is 1. The molecule has 2 aromatic rings. The number of benzene rings is 1. The molecule has 30 heavy (non-hydrogen) atoms. The molecule has 1 heterocycles. The predicted octanol–water partition coefficient (Wildman–Crippen LogP) is 3.45. The summed E-state index contributed by atoms with van der Waals surface area (Å²) in [6, 6.07) is 5.04. The first-order valence-electron chi connectivity index (χ1n) is 8.95. The Morgan fingerprint density at radius 3 is 2.60 bits per heavy atom. The second kappa shape index (κ2) is 12.1. The van der Waals surface area contributed by atoms with Crippen molar-refractivity contribution in [2.45, 2.75) is 26.1 Å². The van der Waals surface area contributed by atoms with E-state index in [9.17, 15) is 18.0 Å². The molecule has 6 nitrogen and oxygen atoms in total. The van der Waals surface area contributed by atoms with E-state index in [2.05, 4.69) is 20.6 Å². The minimum absolute atomic E-state index is 0. The van der Waals surface area contributed by atoms with Crippen molar-refractivity contribution in [2.24, 2.45) is 4.99 Å². The van der Waals surface area contributed by atoms with Crippen LogP contribution in [0.5, 0.6) is 0 Å². The van der Waals surface area contributed by atoms with Crippen molar-refractivity contribution >= 4 is 47.2 Å². The normalized spacial score (nSPS) is 11.6. The molecular weight excluding hydrogens is 530 g/mol. The number of hydrogen-bond donors (Lipinski definition) is 2. The molecule has 1 amide bonds. The van der Waals surface area contributed by atoms with E-state index < -0.39 is 11.7 Å². The van der Waals surface area contributed by atoms with Gasteiger partial charge in [0.2, 0.25) is 5.91 Å². The van der Waals surface area contributed by atoms with Crippen molar-refractivity contribution in [3.63, 3.8) is 0 Å². The quantitative estimate of drug-likeness (QED) is 0.312. The number of likely N-dealkylation sites (N-methyl/N-ethyl adjacent to an activating group) is 1. The second-order valence-electron chi connectivity index (χ2n) is 6.55. The smallest absolute Gasteiger partial charge is 0.356 e. The maximum atomic E-state index is 12.9. The van der Waals surface area contributed by atoms with Gasteiger partial charge in [0.05, 0.1) is 23.7 Å². The summed E-state index contributed by atoms with van der Waals surface area (Å²) in [5, 5.41) is 6.98. The van der Waals surface area contributed by atoms with Crippen LogP contribution in [0.1, 0.15) is 21.0 Å². The van der Waals surface area contributed by atoms with E-state index in [1.807, 2.05) is 6.92 Å². The van der Waals surface area contributed by atoms with Crippen LogP contribution in [-0.2, 0) is 23.9 Å². The van der Waals surface area contributed by atoms with Gasteiger partial charge in [-0.2, -0.15) is 13.2 Å². The van der Waals surface area contributed by atoms with Crippen molar-refractivity contribution in [1.29, 1.82) is 0 Å². The Morgan fingerprint density at radius 2 is 2.00 bits per heavy atom. The molecule has 0 aliphatic carbocycles. The van der Waals surface area contributed by atoms with Crippen LogP contribution in [0.2, 0.25) is 0 Å². The number of aromatic nitrogens is 1. The van der Waals surface area contributed by atoms with E-state index in [-0.39, 0.29) is 43.0 Å². The lowest BCUT2D eigenvalue weighted by Crippen LogP contribution is -2.43. The molecule has 0 unspecified atom stereocenters. The highest BCUT2D eigenvalue weighted by atomic mass is 127. The van der Waals surface area contributed by atoms with Crippen LogP contribution >= 0.6 is 35.3 Å². The largest absolute Gasteiger partial charge is 0.416 e. The number of carbonyl (C=O) groups is 1. The maximum absolute atomic E-state index is 12.9. The highest BCUT2D eigenvalue weighted by Crippen LogP contribution is 2.29. The average Bonchev–Trinajstić information content (AvgIpc) is 3.07. The molecule has 0 spiro atoms. The Kier molecular flexibility index (Phi) is 10.5. The van der Waals surface area contributed by atoms with Gasteiger partial charge >= 0.3 is 6.18 Å². The summed E-state index contributed by atoms with van der Waals surface area (Å²) in [7, 11) is 3.28. The van der Waals surface area contributed by atoms with Gasteiger partial charge in [0, 0.05) is 38.1 Å². The fraction of sp³-hybridized carbons (Fsp3) is 0.421. The lowest BCUT2D eigenvalue weighted by Gasteiger charge is -2.15. The number of thiazole rings is 1. The zero-order valence-electron chi connectivity index (χ0n) is 16.9. The zero-order chi connectivity index (χ0) is 21.4. The molecule has 0 aliphatic heterocycles. The summed E-state index contributed by atoms with van der Waals surface area (Å²) in [6.45, 7) is 2.58. The number of guanidine groups is 1. The van der Waals surface area contributed by atoms with E-state index >= 15 is 0 Å². The van der Waals surface area contributed by atoms with Gasteiger partial charge in [-0.15, -0.1) is 35.3 Å². The van der Waals surface area contributed by atoms with E-state index in [1.165, 1.54) is 11.0 Å². The van der Waals surface area contributed by atoms with Crippen LogP contribution < -0.4 is 10.6 Å². The van der Waals surface area contributed by atoms with Crippen molar-refractivity contribution in [1.82, 2.24) is 20.5 Å². The minimum atomic E-state index is -4.40. The molecule has 166 valence electrons. The second-order valence-corrected chi connectivity index (χ2v) is 7.87. The summed E-state index contributed by atoms with van der Waals surface area (Å²) in [5.74, 6) is 0.208. The number of aliphatic imine (C=N–C) groups is 1. The minimum Gasteiger partial charge on any atom is -0.356 e. The SMILES string of the molecule is Cc1cnc(CCNC(=NCc2cccc(C(F)(F)F)c2)NCC(=O)N(C)C)s1.I. The topological polar surface area (TPSA) is 69.6 Å². The lowest BCUT2D eigenvalue weighted by molar-refractivity contribution is -0.137. The Bertz CT molecular complexity index is 855. The van der Waals surface area contributed by atoms with Crippen LogP contribution in [0.25, 0.3) is 0 Å². The highest BCUT2D eigenvalue weighted by molar-refractivity contribution is 14.0. The number of alkyl halides is 3. The zero-order valence-corrected chi connectivity index (χ0v) is 20.1. The maximum Gasteiger partial charge on any atom is 0.416 e. The summed E-state index contributed by atoms with van der Waals surface area (Å²) in [6.07, 6.45) is -1.93. The van der Waals surface area contributed by atoms with Crippen molar-refractivity contribution in [3.05, 3.63) is 51.5 Å². The first-order chi connectivity index (χ1) is 13.6. The van der Waals surface area contributed by atoms with Gasteiger partial charge in [0.25, 0.3) is 0 Å². The third-order valence-corrected chi connectivity index (χ3v) is 4.85. The summed E-state index contributed by atoms with van der Waals surface area (Å²) >= 11 is 1.60. The Hall–Kier alpha value is -1.89. The van der Waals surface area contributed by atoms with Crippen molar-refractivity contribution in [3.8, 4) is 0 Å². The highest BCUT2D eigenvalue weighted by Gasteiger charge is 2.30. The molecule has 0 bridgehead atoms. The molecule has 2 N–H and O–H groups in total. The monoisotopic (exact) mass is 555 g/mol. The standard InChI is InChI=1S/C19H24F3N5OS.HI/c1-13-10-24-16(29-13)7-8-23-18(26-12-17(28)27(2)3)25-11-14-5-4-6-15(9-14)19(20,21)22;/h4-6,9-10H,7-8,11-12H2,1-3H3,(H2,23,25,26);1H. The number of hydrogen-bond acceptors (Lipinski definition) is 4. The van der Waals surface area contributed by atoms with Gasteiger partial charge in [-0.25, -0.2) is 9.98 Å². The Morgan fingerprint density at radius 1 is 1.27 bits per heavy atom. The van der Waals surface area contributed by atoms with E-state index in [0.29, 0.717) is 24.5 Å². The van der Waals surface area contributed by atoms with Crippen molar-refractivity contribution in [2.75, 3.05) is 27.2 Å². The molecule has 0 aliphatic rings. The predicted molar refractivity (Wildman–Crippen MR) is 123 cm³/mol. The average molecular weight is 555 g/mol. The van der Waals surface area contributed by atoms with Crippen LogP contribution in [0.4, 0.5) is 13.2 Å². The van der Waals surface area contributed by atoms with Gasteiger partial charge in [-0.3, -0.25) is 4.79 Å². The molecule has 11 heteroatoms. The molecule has 1 aromatic heterocycles. The van der Waals surface area contributed by atoms with Crippen LogP contribution in [-0.4, -0.2) is 48.9 Å². The molecule has 0 atom stereocenters. The van der Waals surface area contributed by atoms with Crippen LogP contribution in [0.15, 0.2) is 35.5 Å². The van der Waals surface area contributed by atoms with Gasteiger partial charge in [0.15, 0.2) is 5.96 Å². The molecule has 0 saturated heterocycles. The van der Waals surface area contributed by atoms with Crippen molar-refractivity contribution < 1.29 is 18.0 Å². The van der Waals surface area contributed by atoms with Crippen LogP contribution in [0, 0.1) is 6.92 Å². The number of nitrogens with one attached hydrogen (secondary N) is 2. The number of nitrogens with zero attached hydrogens (tertiary/aromatic N) is 3. The molecule has 1 aromatic carbocycles. The van der Waals surface area contributed by atoms with E-state index in [1.54, 1.807) is 37.7 Å². The molecule has 2 rings (SSSR count). The molecule has 0 radical (unpaired) electrons. The summed E-state index contributed by atoms with van der Waals surface area (Å²) in [5.41, 5.74) is -0.287. The first-order valence-corrected chi connectivity index (χ1v) is 9.76. The molecule has 0 saturated carbocycles. The fourth-order valence-electron chi connectivity index (χ4n) is 2.31. The Labute approximate surface area is 195 Å². The summed E-state index contributed by atoms with van der Waals surface area (Å²) in [4.78, 5) is 23.0. The number of halogens is 4. The fourth-order valence-corrected chi connectivity index (χ4v) is 3.10. The number of rotatable bonds is 7. The van der Waals surface area contributed by atoms with Gasteiger partial charge in [-0.05, 0) is 24.6 Å². The van der Waals surface area contributed by atoms with Gasteiger partial charge in [0.1, 0.15) is 0 Å². The number of aryl methyl sites for hydroxylation is 1. The van der Waals surface area contributed by atoms with Crippen LogP contribution in [0.3, 0.4) is 0 Å². The van der Waals surface area contributed by atoms with E-state index in [4.69, 9.17) is 0 Å². The van der Waals surface area contributed by atoms with Gasteiger partial charge in [-0.1, -0.05) is 12.1 Å². The lowest BCUT2D eigenvalue weighted by atomic mass is 10.1. The third kappa shape index (κ3) is 8.86. The van der Waals surface area contributed by atoms with E-state index in [0.717, 1.165) is 22.0 Å². The third-order valence-electron chi connectivity index (χ3n) is 3.88.